The first kappa shape index (κ1) is 13.0. The van der Waals surface area contributed by atoms with Gasteiger partial charge in [-0.3, -0.25) is 0 Å². The topological polar surface area (TPSA) is 21.3 Å². The first-order valence-electron chi connectivity index (χ1n) is 6.41. The molecule has 1 aliphatic carbocycles. The van der Waals surface area contributed by atoms with E-state index in [1.807, 2.05) is 23.5 Å². The number of hydrogen-bond donors (Lipinski definition) is 1. The van der Waals surface area contributed by atoms with Gasteiger partial charge in [-0.1, -0.05) is 22.0 Å². The van der Waals surface area contributed by atoms with E-state index in [0.29, 0.717) is 6.04 Å². The average Bonchev–Trinajstić information content (AvgIpc) is 3.11. The molecule has 1 aromatic heterocycles. The van der Waals surface area contributed by atoms with Crippen molar-refractivity contribution in [3.05, 3.63) is 45.1 Å². The minimum atomic E-state index is 0.406. The van der Waals surface area contributed by atoms with Gasteiger partial charge in [0, 0.05) is 9.35 Å². The Kier molecular flexibility index (Phi) is 3.80. The zero-order valence-electron chi connectivity index (χ0n) is 10.7. The first-order chi connectivity index (χ1) is 9.28. The van der Waals surface area contributed by atoms with Crippen LogP contribution in [0.25, 0.3) is 0 Å². The summed E-state index contributed by atoms with van der Waals surface area (Å²) in [6.45, 7) is 0. The summed E-state index contributed by atoms with van der Waals surface area (Å²) in [4.78, 5) is 1.41. The van der Waals surface area contributed by atoms with Crippen molar-refractivity contribution in [3.63, 3.8) is 0 Å². The fourth-order valence-corrected chi connectivity index (χ4v) is 3.51. The largest absolute Gasteiger partial charge is 0.495 e. The summed E-state index contributed by atoms with van der Waals surface area (Å²) in [6, 6.07) is 10.8. The Labute approximate surface area is 125 Å². The summed E-state index contributed by atoms with van der Waals surface area (Å²) in [5.41, 5.74) is 1.06. The van der Waals surface area contributed by atoms with Gasteiger partial charge >= 0.3 is 0 Å². The highest BCUT2D eigenvalue weighted by Gasteiger charge is 2.33. The fourth-order valence-electron chi connectivity index (χ4n) is 2.28. The lowest BCUT2D eigenvalue weighted by atomic mass is 10.1. The second kappa shape index (κ2) is 5.55. The van der Waals surface area contributed by atoms with Crippen molar-refractivity contribution in [2.75, 3.05) is 12.4 Å². The Hall–Kier alpha value is -1.00. The van der Waals surface area contributed by atoms with Crippen LogP contribution in [0.3, 0.4) is 0 Å². The Morgan fingerprint density at radius 1 is 1.37 bits per heavy atom. The molecule has 0 saturated heterocycles. The van der Waals surface area contributed by atoms with Crippen molar-refractivity contribution >= 4 is 33.0 Å². The van der Waals surface area contributed by atoms with Crippen molar-refractivity contribution in [2.45, 2.75) is 18.9 Å². The molecule has 1 saturated carbocycles. The maximum Gasteiger partial charge on any atom is 0.142 e. The van der Waals surface area contributed by atoms with Gasteiger partial charge in [-0.15, -0.1) is 11.3 Å². The molecule has 100 valence electrons. The zero-order chi connectivity index (χ0) is 13.2. The van der Waals surface area contributed by atoms with Crippen LogP contribution < -0.4 is 10.1 Å². The maximum absolute atomic E-state index is 5.44. The second-order valence-electron chi connectivity index (χ2n) is 4.82. The number of hydrogen-bond acceptors (Lipinski definition) is 3. The lowest BCUT2D eigenvalue weighted by Gasteiger charge is -2.20. The molecule has 0 spiro atoms. The van der Waals surface area contributed by atoms with E-state index in [9.17, 15) is 0 Å². The molecule has 0 radical (unpaired) electrons. The van der Waals surface area contributed by atoms with E-state index >= 15 is 0 Å². The van der Waals surface area contributed by atoms with Crippen LogP contribution in [0, 0.1) is 5.92 Å². The van der Waals surface area contributed by atoms with Crippen LogP contribution in [-0.4, -0.2) is 7.11 Å². The van der Waals surface area contributed by atoms with Gasteiger partial charge in [0.1, 0.15) is 5.75 Å². The molecule has 1 unspecified atom stereocenters. The standard InChI is InChI=1S/C15H16BrNOS/c1-18-13-7-6-11(16)9-12(13)17-15(10-4-5-10)14-3-2-8-19-14/h2-3,6-10,15,17H,4-5H2,1H3. The van der Waals surface area contributed by atoms with Crippen LogP contribution in [-0.2, 0) is 0 Å². The van der Waals surface area contributed by atoms with E-state index in [2.05, 4.69) is 44.8 Å². The number of halogens is 1. The summed E-state index contributed by atoms with van der Waals surface area (Å²) in [5.74, 6) is 1.65. The molecule has 1 N–H and O–H groups in total. The summed E-state index contributed by atoms with van der Waals surface area (Å²) in [6.07, 6.45) is 2.62. The molecule has 0 aliphatic heterocycles. The van der Waals surface area contributed by atoms with Crippen molar-refractivity contribution in [3.8, 4) is 5.75 Å². The van der Waals surface area contributed by atoms with Gasteiger partial charge < -0.3 is 10.1 Å². The monoisotopic (exact) mass is 337 g/mol. The average molecular weight is 338 g/mol. The van der Waals surface area contributed by atoms with Gasteiger partial charge in [0.15, 0.2) is 0 Å². The lowest BCUT2D eigenvalue weighted by molar-refractivity contribution is 0.415. The van der Waals surface area contributed by atoms with Crippen molar-refractivity contribution in [1.29, 1.82) is 0 Å². The molecule has 19 heavy (non-hydrogen) atoms. The van der Waals surface area contributed by atoms with Crippen LogP contribution in [0.2, 0.25) is 0 Å². The molecule has 0 amide bonds. The van der Waals surface area contributed by atoms with E-state index in [1.54, 1.807) is 7.11 Å². The molecular formula is C15H16BrNOS. The highest BCUT2D eigenvalue weighted by Crippen LogP contribution is 2.45. The summed E-state index contributed by atoms with van der Waals surface area (Å²) < 4.78 is 6.51. The molecular weight excluding hydrogens is 322 g/mol. The van der Waals surface area contributed by atoms with Gasteiger partial charge in [-0.2, -0.15) is 0 Å². The fraction of sp³-hybridized carbons (Fsp3) is 0.333. The molecule has 2 nitrogen and oxygen atoms in total. The summed E-state index contributed by atoms with van der Waals surface area (Å²) in [5, 5.41) is 5.80. The molecule has 3 rings (SSSR count). The van der Waals surface area contributed by atoms with Crippen LogP contribution in [0.15, 0.2) is 40.2 Å². The van der Waals surface area contributed by atoms with Crippen molar-refractivity contribution in [2.24, 2.45) is 5.92 Å². The number of ether oxygens (including phenoxy) is 1. The van der Waals surface area contributed by atoms with Gasteiger partial charge in [0.05, 0.1) is 18.8 Å². The van der Waals surface area contributed by atoms with Crippen molar-refractivity contribution < 1.29 is 4.74 Å². The highest BCUT2D eigenvalue weighted by atomic mass is 79.9. The number of nitrogens with one attached hydrogen (secondary N) is 1. The van der Waals surface area contributed by atoms with E-state index in [4.69, 9.17) is 4.74 Å². The molecule has 1 heterocycles. The van der Waals surface area contributed by atoms with E-state index < -0.39 is 0 Å². The third-order valence-electron chi connectivity index (χ3n) is 3.42. The molecule has 1 atom stereocenters. The van der Waals surface area contributed by atoms with E-state index in [0.717, 1.165) is 21.8 Å². The Bertz CT molecular complexity index is 551. The third-order valence-corrected chi connectivity index (χ3v) is 4.86. The van der Waals surface area contributed by atoms with Crippen LogP contribution in [0.5, 0.6) is 5.75 Å². The maximum atomic E-state index is 5.44. The highest BCUT2D eigenvalue weighted by molar-refractivity contribution is 9.10. The molecule has 1 aromatic carbocycles. The number of rotatable bonds is 5. The molecule has 1 fully saturated rings. The summed E-state index contributed by atoms with van der Waals surface area (Å²) >= 11 is 5.35. The third kappa shape index (κ3) is 2.95. The zero-order valence-corrected chi connectivity index (χ0v) is 13.1. The number of thiophene rings is 1. The quantitative estimate of drug-likeness (QED) is 0.821. The Morgan fingerprint density at radius 3 is 2.84 bits per heavy atom. The van der Waals surface area contributed by atoms with Crippen LogP contribution in [0.1, 0.15) is 23.8 Å². The van der Waals surface area contributed by atoms with E-state index in [1.165, 1.54) is 17.7 Å². The minimum Gasteiger partial charge on any atom is -0.495 e. The lowest BCUT2D eigenvalue weighted by Crippen LogP contribution is -2.12. The van der Waals surface area contributed by atoms with Crippen LogP contribution >= 0.6 is 27.3 Å². The number of methoxy groups -OCH3 is 1. The molecule has 0 bridgehead atoms. The predicted molar refractivity (Wildman–Crippen MR) is 84.1 cm³/mol. The van der Waals surface area contributed by atoms with Crippen LogP contribution in [0.4, 0.5) is 5.69 Å². The van der Waals surface area contributed by atoms with Gasteiger partial charge in [0.2, 0.25) is 0 Å². The van der Waals surface area contributed by atoms with Gasteiger partial charge in [-0.05, 0) is 48.4 Å². The van der Waals surface area contributed by atoms with Crippen molar-refractivity contribution in [1.82, 2.24) is 0 Å². The number of benzene rings is 1. The summed E-state index contributed by atoms with van der Waals surface area (Å²) in [7, 11) is 1.71. The van der Waals surface area contributed by atoms with Gasteiger partial charge in [-0.25, -0.2) is 0 Å². The predicted octanol–water partition coefficient (Wildman–Crippen LogP) is 5.08. The Balaban J connectivity index is 1.88. The minimum absolute atomic E-state index is 0.406. The van der Waals surface area contributed by atoms with Gasteiger partial charge in [0.25, 0.3) is 0 Å². The van der Waals surface area contributed by atoms with E-state index in [-0.39, 0.29) is 0 Å². The smallest absolute Gasteiger partial charge is 0.142 e. The SMILES string of the molecule is COc1ccc(Br)cc1NC(c1cccs1)C1CC1. The molecule has 2 aromatic rings. The number of anilines is 1. The Morgan fingerprint density at radius 2 is 2.21 bits per heavy atom. The molecule has 4 heteroatoms. The second-order valence-corrected chi connectivity index (χ2v) is 6.71. The molecule has 1 aliphatic rings. The normalized spacial score (nSPS) is 16.1. The first-order valence-corrected chi connectivity index (χ1v) is 8.08.